The summed E-state index contributed by atoms with van der Waals surface area (Å²) < 4.78 is 15.0. The zero-order chi connectivity index (χ0) is 15.0. The summed E-state index contributed by atoms with van der Waals surface area (Å²) in [5.41, 5.74) is 9.67. The fourth-order valence-electron chi connectivity index (χ4n) is 2.31. The molecule has 0 atom stereocenters. The molecule has 21 heavy (non-hydrogen) atoms. The van der Waals surface area contributed by atoms with Gasteiger partial charge in [-0.1, -0.05) is 46.3 Å². The first-order valence-electron chi connectivity index (χ1n) is 6.43. The average molecular weight is 346 g/mol. The Morgan fingerprint density at radius 2 is 1.90 bits per heavy atom. The van der Waals surface area contributed by atoms with E-state index in [1.165, 1.54) is 6.07 Å². The summed E-state index contributed by atoms with van der Waals surface area (Å²) in [6, 6.07) is 12.5. The summed E-state index contributed by atoms with van der Waals surface area (Å²) in [6.45, 7) is 2.01. The Morgan fingerprint density at radius 1 is 1.14 bits per heavy atom. The number of benzene rings is 2. The average Bonchev–Trinajstić information content (AvgIpc) is 2.81. The van der Waals surface area contributed by atoms with Gasteiger partial charge in [0.05, 0.1) is 11.3 Å². The van der Waals surface area contributed by atoms with Crippen LogP contribution in [0.15, 0.2) is 46.9 Å². The number of aromatic amines is 1. The molecule has 0 saturated carbocycles. The third-order valence-electron chi connectivity index (χ3n) is 3.33. The number of H-pyrrole nitrogens is 1. The lowest BCUT2D eigenvalue weighted by atomic mass is 10.00. The molecule has 0 aliphatic heterocycles. The molecule has 2 aromatic carbocycles. The molecule has 3 rings (SSSR count). The SMILES string of the molecule is Cc1ccc(-c2[nH]nc(N)c2-c2ccccc2F)c(Br)c1. The molecular formula is C16H13BrFN3. The number of nitrogens with two attached hydrogens (primary N) is 1. The molecule has 0 fully saturated rings. The van der Waals surface area contributed by atoms with Gasteiger partial charge in [-0.25, -0.2) is 4.39 Å². The van der Waals surface area contributed by atoms with E-state index < -0.39 is 0 Å². The van der Waals surface area contributed by atoms with Crippen LogP contribution in [0, 0.1) is 12.7 Å². The second kappa shape index (κ2) is 5.33. The predicted octanol–water partition coefficient (Wildman–Crippen LogP) is 4.54. The maximum atomic E-state index is 14.1. The van der Waals surface area contributed by atoms with Gasteiger partial charge in [-0.05, 0) is 24.6 Å². The first-order chi connectivity index (χ1) is 10.1. The van der Waals surface area contributed by atoms with Gasteiger partial charge in [0.2, 0.25) is 0 Å². The maximum absolute atomic E-state index is 14.1. The van der Waals surface area contributed by atoms with Crippen LogP contribution in [0.5, 0.6) is 0 Å². The normalized spacial score (nSPS) is 10.8. The number of nitrogen functional groups attached to an aromatic ring is 1. The van der Waals surface area contributed by atoms with E-state index in [-0.39, 0.29) is 11.6 Å². The monoisotopic (exact) mass is 345 g/mol. The summed E-state index contributed by atoms with van der Waals surface area (Å²) in [6.07, 6.45) is 0. The smallest absolute Gasteiger partial charge is 0.153 e. The minimum absolute atomic E-state index is 0.280. The van der Waals surface area contributed by atoms with Crippen LogP contribution >= 0.6 is 15.9 Å². The number of hydrogen-bond acceptors (Lipinski definition) is 2. The highest BCUT2D eigenvalue weighted by molar-refractivity contribution is 9.10. The Hall–Kier alpha value is -2.14. The van der Waals surface area contributed by atoms with E-state index in [0.717, 1.165) is 15.6 Å². The van der Waals surface area contributed by atoms with Crippen LogP contribution in [0.2, 0.25) is 0 Å². The minimum Gasteiger partial charge on any atom is -0.382 e. The number of nitrogens with zero attached hydrogens (tertiary/aromatic N) is 1. The standard InChI is InChI=1S/C16H13BrFN3/c1-9-6-7-10(12(17)8-9)15-14(16(19)21-20-15)11-4-2-3-5-13(11)18/h2-8H,1H3,(H3,19,20,21). The van der Waals surface area contributed by atoms with Crippen molar-refractivity contribution in [3.63, 3.8) is 0 Å². The largest absolute Gasteiger partial charge is 0.382 e. The second-order valence-electron chi connectivity index (χ2n) is 4.82. The Bertz CT molecular complexity index is 811. The topological polar surface area (TPSA) is 54.7 Å². The molecule has 0 spiro atoms. The molecule has 1 heterocycles. The van der Waals surface area contributed by atoms with E-state index in [2.05, 4.69) is 26.1 Å². The number of hydrogen-bond donors (Lipinski definition) is 2. The third-order valence-corrected chi connectivity index (χ3v) is 3.99. The molecule has 0 saturated heterocycles. The Labute approximate surface area is 130 Å². The molecule has 106 valence electrons. The Balaban J connectivity index is 2.25. The van der Waals surface area contributed by atoms with Crippen molar-refractivity contribution in [2.45, 2.75) is 6.92 Å². The number of rotatable bonds is 2. The van der Waals surface area contributed by atoms with Crippen LogP contribution in [0.25, 0.3) is 22.4 Å². The lowest BCUT2D eigenvalue weighted by molar-refractivity contribution is 0.631. The van der Waals surface area contributed by atoms with Crippen molar-refractivity contribution in [2.24, 2.45) is 0 Å². The quantitative estimate of drug-likeness (QED) is 0.716. The van der Waals surface area contributed by atoms with Crippen molar-refractivity contribution in [1.29, 1.82) is 0 Å². The third kappa shape index (κ3) is 2.45. The first kappa shape index (κ1) is 13.8. The summed E-state index contributed by atoms with van der Waals surface area (Å²) in [4.78, 5) is 0. The first-order valence-corrected chi connectivity index (χ1v) is 7.22. The number of nitrogens with one attached hydrogen (secondary N) is 1. The summed E-state index contributed by atoms with van der Waals surface area (Å²) in [7, 11) is 0. The lowest BCUT2D eigenvalue weighted by Gasteiger charge is -2.08. The zero-order valence-electron chi connectivity index (χ0n) is 11.3. The minimum atomic E-state index is -0.324. The van der Waals surface area contributed by atoms with E-state index in [1.807, 2.05) is 25.1 Å². The zero-order valence-corrected chi connectivity index (χ0v) is 12.9. The molecule has 3 nitrogen and oxygen atoms in total. The summed E-state index contributed by atoms with van der Waals surface area (Å²) >= 11 is 3.54. The van der Waals surface area contributed by atoms with Crippen molar-refractivity contribution in [3.8, 4) is 22.4 Å². The maximum Gasteiger partial charge on any atom is 0.153 e. The van der Waals surface area contributed by atoms with Crippen molar-refractivity contribution < 1.29 is 4.39 Å². The van der Waals surface area contributed by atoms with E-state index in [9.17, 15) is 4.39 Å². The Kier molecular flexibility index (Phi) is 3.51. The highest BCUT2D eigenvalue weighted by Gasteiger charge is 2.19. The number of halogens is 2. The molecule has 5 heteroatoms. The van der Waals surface area contributed by atoms with E-state index in [1.54, 1.807) is 18.2 Å². The van der Waals surface area contributed by atoms with E-state index >= 15 is 0 Å². The fraction of sp³-hybridized carbons (Fsp3) is 0.0625. The molecule has 0 amide bonds. The van der Waals surface area contributed by atoms with Crippen LogP contribution in [-0.4, -0.2) is 10.2 Å². The van der Waals surface area contributed by atoms with Gasteiger partial charge in [-0.15, -0.1) is 0 Å². The number of aryl methyl sites for hydroxylation is 1. The highest BCUT2D eigenvalue weighted by atomic mass is 79.9. The summed E-state index contributed by atoms with van der Waals surface area (Å²) in [5.74, 6) is -0.0438. The second-order valence-corrected chi connectivity index (χ2v) is 5.68. The van der Waals surface area contributed by atoms with Gasteiger partial charge in [-0.2, -0.15) is 5.10 Å². The van der Waals surface area contributed by atoms with Gasteiger partial charge in [0.1, 0.15) is 5.82 Å². The molecule has 0 aliphatic rings. The van der Waals surface area contributed by atoms with E-state index in [0.29, 0.717) is 16.8 Å². The highest BCUT2D eigenvalue weighted by Crippen LogP contribution is 2.38. The van der Waals surface area contributed by atoms with Gasteiger partial charge in [0.15, 0.2) is 5.82 Å². The molecule has 0 radical (unpaired) electrons. The lowest BCUT2D eigenvalue weighted by Crippen LogP contribution is -1.92. The van der Waals surface area contributed by atoms with Gasteiger partial charge in [0, 0.05) is 15.6 Å². The molecule has 0 aliphatic carbocycles. The predicted molar refractivity (Wildman–Crippen MR) is 86.3 cm³/mol. The van der Waals surface area contributed by atoms with Crippen molar-refractivity contribution in [2.75, 3.05) is 5.73 Å². The van der Waals surface area contributed by atoms with Crippen molar-refractivity contribution >= 4 is 21.7 Å². The Morgan fingerprint density at radius 3 is 2.62 bits per heavy atom. The molecule has 0 unspecified atom stereocenters. The van der Waals surface area contributed by atoms with Gasteiger partial charge in [0.25, 0.3) is 0 Å². The van der Waals surface area contributed by atoms with Gasteiger partial charge in [-0.3, -0.25) is 5.10 Å². The van der Waals surface area contributed by atoms with Crippen LogP contribution in [0.3, 0.4) is 0 Å². The van der Waals surface area contributed by atoms with Gasteiger partial charge >= 0.3 is 0 Å². The number of anilines is 1. The van der Waals surface area contributed by atoms with Crippen LogP contribution < -0.4 is 5.73 Å². The van der Waals surface area contributed by atoms with Crippen LogP contribution in [0.4, 0.5) is 10.2 Å². The fourth-order valence-corrected chi connectivity index (χ4v) is 3.00. The van der Waals surface area contributed by atoms with E-state index in [4.69, 9.17) is 5.73 Å². The molecule has 3 aromatic rings. The molecular weight excluding hydrogens is 333 g/mol. The molecule has 1 aromatic heterocycles. The van der Waals surface area contributed by atoms with Crippen LogP contribution in [0.1, 0.15) is 5.56 Å². The molecule has 0 bridgehead atoms. The van der Waals surface area contributed by atoms with Crippen molar-refractivity contribution in [1.82, 2.24) is 10.2 Å². The molecule has 3 N–H and O–H groups in total. The van der Waals surface area contributed by atoms with Gasteiger partial charge < -0.3 is 5.73 Å². The van der Waals surface area contributed by atoms with Crippen LogP contribution in [-0.2, 0) is 0 Å². The number of aromatic nitrogens is 2. The van der Waals surface area contributed by atoms with Crippen molar-refractivity contribution in [3.05, 3.63) is 58.3 Å². The summed E-state index contributed by atoms with van der Waals surface area (Å²) in [5, 5.41) is 6.94.